The summed E-state index contributed by atoms with van der Waals surface area (Å²) in [6.45, 7) is 1.90. The molecule has 1 N–H and O–H groups in total. The molecule has 0 bridgehead atoms. The van der Waals surface area contributed by atoms with Gasteiger partial charge in [-0.3, -0.25) is 14.4 Å². The van der Waals surface area contributed by atoms with Crippen LogP contribution in [0.2, 0.25) is 0 Å². The zero-order valence-corrected chi connectivity index (χ0v) is 16.5. The van der Waals surface area contributed by atoms with Crippen LogP contribution in [0.5, 0.6) is 5.75 Å². The zero-order chi connectivity index (χ0) is 20.8. The van der Waals surface area contributed by atoms with Crippen molar-refractivity contribution in [1.29, 1.82) is 0 Å². The molecule has 1 saturated heterocycles. The predicted molar refractivity (Wildman–Crippen MR) is 109 cm³/mol. The standard InChI is InChI=1S/C22H24N2O5/c1-3-15-7-9-18(10-8-15)24-13-16(11-21(24)26)22(27)29-14-20(25)23-17-5-4-6-19(12-17)28-2/h4-10,12,16H,3,11,13-14H2,1-2H3,(H,23,25)/t16-/m0/s1. The van der Waals surface area contributed by atoms with Crippen molar-refractivity contribution in [1.82, 2.24) is 0 Å². The van der Waals surface area contributed by atoms with Gasteiger partial charge in [-0.05, 0) is 36.2 Å². The van der Waals surface area contributed by atoms with Crippen molar-refractivity contribution in [3.05, 3.63) is 54.1 Å². The van der Waals surface area contributed by atoms with Gasteiger partial charge < -0.3 is 19.7 Å². The number of hydrogen-bond acceptors (Lipinski definition) is 5. The smallest absolute Gasteiger partial charge is 0.311 e. The fourth-order valence-electron chi connectivity index (χ4n) is 3.18. The van der Waals surface area contributed by atoms with Gasteiger partial charge in [-0.25, -0.2) is 0 Å². The van der Waals surface area contributed by atoms with E-state index in [9.17, 15) is 14.4 Å². The van der Waals surface area contributed by atoms with Crippen LogP contribution in [-0.2, 0) is 25.5 Å². The van der Waals surface area contributed by atoms with Gasteiger partial charge in [0.2, 0.25) is 5.91 Å². The number of carbonyl (C=O) groups excluding carboxylic acids is 3. The van der Waals surface area contributed by atoms with E-state index in [2.05, 4.69) is 12.2 Å². The summed E-state index contributed by atoms with van der Waals surface area (Å²) in [4.78, 5) is 38.3. The van der Waals surface area contributed by atoms with Gasteiger partial charge in [-0.15, -0.1) is 0 Å². The highest BCUT2D eigenvalue weighted by molar-refractivity contribution is 6.00. The maximum Gasteiger partial charge on any atom is 0.311 e. The van der Waals surface area contributed by atoms with E-state index in [0.29, 0.717) is 11.4 Å². The number of amides is 2. The van der Waals surface area contributed by atoms with Crippen molar-refractivity contribution in [2.24, 2.45) is 5.92 Å². The number of carbonyl (C=O) groups is 3. The van der Waals surface area contributed by atoms with Gasteiger partial charge in [-0.2, -0.15) is 0 Å². The van der Waals surface area contributed by atoms with Crippen LogP contribution in [0.1, 0.15) is 18.9 Å². The highest BCUT2D eigenvalue weighted by Crippen LogP contribution is 2.26. The summed E-state index contributed by atoms with van der Waals surface area (Å²) in [5.41, 5.74) is 2.49. The van der Waals surface area contributed by atoms with Crippen molar-refractivity contribution in [2.45, 2.75) is 19.8 Å². The molecule has 7 nitrogen and oxygen atoms in total. The van der Waals surface area contributed by atoms with Crippen LogP contribution in [0, 0.1) is 5.92 Å². The summed E-state index contributed by atoms with van der Waals surface area (Å²) in [6, 6.07) is 14.6. The minimum Gasteiger partial charge on any atom is -0.497 e. The van der Waals surface area contributed by atoms with E-state index in [1.807, 2.05) is 24.3 Å². The maximum absolute atomic E-state index is 12.3. The molecular formula is C22H24N2O5. The van der Waals surface area contributed by atoms with Crippen molar-refractivity contribution < 1.29 is 23.9 Å². The molecule has 0 spiro atoms. The Morgan fingerprint density at radius 3 is 2.62 bits per heavy atom. The number of nitrogens with one attached hydrogen (secondary N) is 1. The lowest BCUT2D eigenvalue weighted by Crippen LogP contribution is -2.28. The van der Waals surface area contributed by atoms with Gasteiger partial charge in [0.1, 0.15) is 5.75 Å². The van der Waals surface area contributed by atoms with Gasteiger partial charge in [0.05, 0.1) is 13.0 Å². The van der Waals surface area contributed by atoms with E-state index in [0.717, 1.165) is 12.1 Å². The Hall–Kier alpha value is -3.35. The molecule has 0 unspecified atom stereocenters. The predicted octanol–water partition coefficient (Wildman–Crippen LogP) is 2.79. The second-order valence-corrected chi connectivity index (χ2v) is 6.81. The number of anilines is 2. The molecule has 0 aromatic heterocycles. The first kappa shape index (κ1) is 20.4. The number of hydrogen-bond donors (Lipinski definition) is 1. The molecule has 0 saturated carbocycles. The Morgan fingerprint density at radius 2 is 1.93 bits per heavy atom. The van der Waals surface area contributed by atoms with Crippen LogP contribution in [0.4, 0.5) is 11.4 Å². The molecule has 29 heavy (non-hydrogen) atoms. The van der Waals surface area contributed by atoms with Crippen LogP contribution in [-0.4, -0.2) is 38.0 Å². The Kier molecular flexibility index (Phi) is 6.49. The molecule has 2 aromatic carbocycles. The average Bonchev–Trinajstić information content (AvgIpc) is 3.14. The van der Waals surface area contributed by atoms with Crippen LogP contribution < -0.4 is 15.0 Å². The van der Waals surface area contributed by atoms with Crippen LogP contribution in [0.25, 0.3) is 0 Å². The van der Waals surface area contributed by atoms with Crippen LogP contribution in [0.3, 0.4) is 0 Å². The lowest BCUT2D eigenvalue weighted by atomic mass is 10.1. The number of nitrogens with zero attached hydrogens (tertiary/aromatic N) is 1. The summed E-state index contributed by atoms with van der Waals surface area (Å²) in [6.07, 6.45) is 0.993. The third-order valence-corrected chi connectivity index (χ3v) is 4.81. The minimum absolute atomic E-state index is 0.0753. The molecular weight excluding hydrogens is 372 g/mol. The van der Waals surface area contributed by atoms with Gasteiger partial charge in [0, 0.05) is 30.4 Å². The van der Waals surface area contributed by atoms with E-state index in [-0.39, 0.29) is 18.9 Å². The first-order chi connectivity index (χ1) is 14.0. The number of rotatable bonds is 7. The van der Waals surface area contributed by atoms with E-state index in [4.69, 9.17) is 9.47 Å². The van der Waals surface area contributed by atoms with Crippen LogP contribution >= 0.6 is 0 Å². The van der Waals surface area contributed by atoms with Crippen molar-refractivity contribution in [3.8, 4) is 5.75 Å². The summed E-state index contributed by atoms with van der Waals surface area (Å²) in [7, 11) is 1.53. The second kappa shape index (κ2) is 9.23. The van der Waals surface area contributed by atoms with E-state index < -0.39 is 24.4 Å². The molecule has 1 aliphatic heterocycles. The third-order valence-electron chi connectivity index (χ3n) is 4.81. The molecule has 2 amide bonds. The van der Waals surface area contributed by atoms with E-state index >= 15 is 0 Å². The van der Waals surface area contributed by atoms with Gasteiger partial charge >= 0.3 is 5.97 Å². The van der Waals surface area contributed by atoms with Crippen molar-refractivity contribution in [3.63, 3.8) is 0 Å². The monoisotopic (exact) mass is 396 g/mol. The normalized spacial score (nSPS) is 15.9. The number of methoxy groups -OCH3 is 1. The summed E-state index contributed by atoms with van der Waals surface area (Å²) in [5, 5.41) is 2.64. The highest BCUT2D eigenvalue weighted by atomic mass is 16.5. The Bertz CT molecular complexity index is 894. The molecule has 1 aliphatic rings. The first-order valence-electron chi connectivity index (χ1n) is 9.50. The number of ether oxygens (including phenoxy) is 2. The molecule has 1 atom stereocenters. The van der Waals surface area contributed by atoms with Crippen molar-refractivity contribution in [2.75, 3.05) is 30.5 Å². The molecule has 2 aromatic rings. The Labute approximate surface area is 169 Å². The topological polar surface area (TPSA) is 84.9 Å². The molecule has 1 fully saturated rings. The van der Waals surface area contributed by atoms with Crippen LogP contribution in [0.15, 0.2) is 48.5 Å². The molecule has 7 heteroatoms. The lowest BCUT2D eigenvalue weighted by molar-refractivity contribution is -0.151. The number of benzene rings is 2. The van der Waals surface area contributed by atoms with Gasteiger partial charge in [0.15, 0.2) is 6.61 Å². The average molecular weight is 396 g/mol. The largest absolute Gasteiger partial charge is 0.497 e. The maximum atomic E-state index is 12.3. The van der Waals surface area contributed by atoms with E-state index in [1.54, 1.807) is 29.2 Å². The summed E-state index contributed by atoms with van der Waals surface area (Å²) < 4.78 is 10.2. The Morgan fingerprint density at radius 1 is 1.17 bits per heavy atom. The summed E-state index contributed by atoms with van der Waals surface area (Å²) in [5.74, 6) is -1.11. The molecule has 152 valence electrons. The van der Waals surface area contributed by atoms with E-state index in [1.165, 1.54) is 12.7 Å². The number of aryl methyl sites for hydroxylation is 1. The zero-order valence-electron chi connectivity index (χ0n) is 16.5. The van der Waals surface area contributed by atoms with Gasteiger partial charge in [0.25, 0.3) is 5.91 Å². The summed E-state index contributed by atoms with van der Waals surface area (Å²) >= 11 is 0. The molecule has 3 rings (SSSR count). The SMILES string of the molecule is CCc1ccc(N2C[C@@H](C(=O)OCC(=O)Nc3cccc(OC)c3)CC2=O)cc1. The lowest BCUT2D eigenvalue weighted by Gasteiger charge is -2.17. The van der Waals surface area contributed by atoms with Gasteiger partial charge in [-0.1, -0.05) is 25.1 Å². The molecule has 1 heterocycles. The minimum atomic E-state index is -0.585. The Balaban J connectivity index is 1.51. The third kappa shape index (κ3) is 5.13. The molecule has 0 radical (unpaired) electrons. The first-order valence-corrected chi connectivity index (χ1v) is 9.50. The quantitative estimate of drug-likeness (QED) is 0.728. The number of esters is 1. The highest BCUT2D eigenvalue weighted by Gasteiger charge is 2.36. The fraction of sp³-hybridized carbons (Fsp3) is 0.318. The molecule has 0 aliphatic carbocycles. The van der Waals surface area contributed by atoms with Crippen molar-refractivity contribution >= 4 is 29.2 Å². The second-order valence-electron chi connectivity index (χ2n) is 6.81. The fourth-order valence-corrected chi connectivity index (χ4v) is 3.18.